The molecule has 0 aromatic heterocycles. The average molecular weight is 416 g/mol. The van der Waals surface area contributed by atoms with Crippen molar-refractivity contribution < 1.29 is 18.9 Å². The Hall–Kier alpha value is -1.17. The van der Waals surface area contributed by atoms with Gasteiger partial charge in [0.2, 0.25) is 5.91 Å². The predicted octanol–water partition coefficient (Wildman–Crippen LogP) is 4.97. The highest BCUT2D eigenvalue weighted by Crippen LogP contribution is 2.10. The number of rotatable bonds is 19. The van der Waals surface area contributed by atoms with E-state index in [2.05, 4.69) is 24.4 Å². The van der Waals surface area contributed by atoms with E-state index in [1.54, 1.807) is 0 Å². The number of carboxylic acid groups (broad SMARTS) is 1. The van der Waals surface area contributed by atoms with Gasteiger partial charge in [-0.05, 0) is 32.1 Å². The standard InChI is InChI=1S/C22H41NO4S/c1-3-4-5-6-7-8-9-10-11-12-13-14-15-16-17-18-21(24)23-20(22(25)26)19-28(2)27/h10-11,20H,3-9,12-19H2,1-2H3,(H,23,24)(H,25,26)/t20-,28?/m1/s1. The van der Waals surface area contributed by atoms with E-state index in [4.69, 9.17) is 5.11 Å². The molecule has 164 valence electrons. The first-order chi connectivity index (χ1) is 13.5. The zero-order valence-corrected chi connectivity index (χ0v) is 18.7. The lowest BCUT2D eigenvalue weighted by atomic mass is 10.1. The van der Waals surface area contributed by atoms with Crippen LogP contribution < -0.4 is 5.32 Å². The molecular weight excluding hydrogens is 374 g/mol. The van der Waals surface area contributed by atoms with Crippen LogP contribution in [0.2, 0.25) is 0 Å². The Kier molecular flexibility index (Phi) is 18.4. The number of hydrogen-bond donors (Lipinski definition) is 2. The number of allylic oxidation sites excluding steroid dienone is 2. The maximum Gasteiger partial charge on any atom is 0.327 e. The normalized spacial score (nSPS) is 13.5. The highest BCUT2D eigenvalue weighted by Gasteiger charge is 2.20. The summed E-state index contributed by atoms with van der Waals surface area (Å²) in [6, 6.07) is -1.05. The van der Waals surface area contributed by atoms with Crippen LogP contribution in [0.3, 0.4) is 0 Å². The van der Waals surface area contributed by atoms with Crippen molar-refractivity contribution >= 4 is 22.7 Å². The second kappa shape index (κ2) is 19.2. The van der Waals surface area contributed by atoms with Gasteiger partial charge in [0.05, 0.1) is 5.75 Å². The molecular formula is C22H41NO4S. The van der Waals surface area contributed by atoms with E-state index in [1.807, 2.05) is 0 Å². The van der Waals surface area contributed by atoms with E-state index in [9.17, 15) is 13.8 Å². The molecule has 0 aromatic rings. The van der Waals surface area contributed by atoms with Crippen molar-refractivity contribution in [1.29, 1.82) is 0 Å². The monoisotopic (exact) mass is 415 g/mol. The van der Waals surface area contributed by atoms with Crippen molar-refractivity contribution in [2.24, 2.45) is 0 Å². The number of carbonyl (C=O) groups excluding carboxylic acids is 1. The largest absolute Gasteiger partial charge is 0.480 e. The van der Waals surface area contributed by atoms with Gasteiger partial charge in [-0.25, -0.2) is 4.79 Å². The fraction of sp³-hybridized carbons (Fsp3) is 0.818. The third kappa shape index (κ3) is 18.2. The zero-order chi connectivity index (χ0) is 21.0. The van der Waals surface area contributed by atoms with Crippen LogP contribution in [0.15, 0.2) is 12.2 Å². The predicted molar refractivity (Wildman–Crippen MR) is 118 cm³/mol. The Labute approximate surface area is 174 Å². The maximum atomic E-state index is 11.8. The molecule has 2 N–H and O–H groups in total. The number of unbranched alkanes of at least 4 members (excludes halogenated alkanes) is 11. The first-order valence-electron chi connectivity index (χ1n) is 10.9. The molecule has 0 aromatic carbocycles. The molecule has 0 aliphatic rings. The van der Waals surface area contributed by atoms with Gasteiger partial charge in [0.25, 0.3) is 0 Å². The third-order valence-corrected chi connectivity index (χ3v) is 5.50. The minimum Gasteiger partial charge on any atom is -0.480 e. The van der Waals surface area contributed by atoms with Gasteiger partial charge in [-0.2, -0.15) is 0 Å². The Bertz CT molecular complexity index is 465. The highest BCUT2D eigenvalue weighted by molar-refractivity contribution is 7.84. The molecule has 0 aliphatic heterocycles. The zero-order valence-electron chi connectivity index (χ0n) is 17.9. The van der Waals surface area contributed by atoms with Crippen LogP contribution in [-0.2, 0) is 20.4 Å². The summed E-state index contributed by atoms with van der Waals surface area (Å²) in [4.78, 5) is 22.8. The molecule has 2 atom stereocenters. The fourth-order valence-electron chi connectivity index (χ4n) is 3.03. The Morgan fingerprint density at radius 1 is 0.893 bits per heavy atom. The van der Waals surface area contributed by atoms with E-state index in [0.717, 1.165) is 32.1 Å². The molecule has 0 saturated heterocycles. The molecule has 0 spiro atoms. The SMILES string of the molecule is CCCCCCCCC=CCCCCCCCC(=O)N[C@H](CS(C)=O)C(=O)O. The van der Waals surface area contributed by atoms with E-state index in [0.29, 0.717) is 6.42 Å². The summed E-state index contributed by atoms with van der Waals surface area (Å²) < 4.78 is 11.1. The first-order valence-corrected chi connectivity index (χ1v) is 12.7. The molecule has 6 heteroatoms. The van der Waals surface area contributed by atoms with Gasteiger partial charge >= 0.3 is 5.97 Å². The Balaban J connectivity index is 3.51. The Morgan fingerprint density at radius 3 is 1.89 bits per heavy atom. The lowest BCUT2D eigenvalue weighted by Gasteiger charge is -2.13. The van der Waals surface area contributed by atoms with Gasteiger partial charge in [-0.1, -0.05) is 70.4 Å². The third-order valence-electron chi connectivity index (χ3n) is 4.70. The summed E-state index contributed by atoms with van der Waals surface area (Å²) >= 11 is 0. The van der Waals surface area contributed by atoms with Crippen LogP contribution in [-0.4, -0.2) is 39.2 Å². The quantitative estimate of drug-likeness (QED) is 0.230. The number of amides is 1. The second-order valence-corrected chi connectivity index (χ2v) is 9.01. The van der Waals surface area contributed by atoms with Gasteiger partial charge in [0, 0.05) is 23.5 Å². The summed E-state index contributed by atoms with van der Waals surface area (Å²) in [5.74, 6) is -1.45. The maximum absolute atomic E-state index is 11.8. The Morgan fingerprint density at radius 2 is 1.39 bits per heavy atom. The summed E-state index contributed by atoms with van der Waals surface area (Å²) in [5.41, 5.74) is 0. The summed E-state index contributed by atoms with van der Waals surface area (Å²) in [5, 5.41) is 11.5. The van der Waals surface area contributed by atoms with Crippen LogP contribution in [0.5, 0.6) is 0 Å². The van der Waals surface area contributed by atoms with Gasteiger partial charge < -0.3 is 10.4 Å². The number of aliphatic carboxylic acids is 1. The van der Waals surface area contributed by atoms with Gasteiger partial charge in [0.1, 0.15) is 6.04 Å². The highest BCUT2D eigenvalue weighted by atomic mass is 32.2. The number of carbonyl (C=O) groups is 2. The number of hydrogen-bond acceptors (Lipinski definition) is 3. The van der Waals surface area contributed by atoms with E-state index < -0.39 is 22.8 Å². The van der Waals surface area contributed by atoms with Crippen molar-refractivity contribution in [3.05, 3.63) is 12.2 Å². The second-order valence-electron chi connectivity index (χ2n) is 7.53. The van der Waals surface area contributed by atoms with Gasteiger partial charge in [0.15, 0.2) is 0 Å². The molecule has 5 nitrogen and oxygen atoms in total. The van der Waals surface area contributed by atoms with Gasteiger partial charge in [-0.15, -0.1) is 0 Å². The van der Waals surface area contributed by atoms with E-state index >= 15 is 0 Å². The smallest absolute Gasteiger partial charge is 0.327 e. The van der Waals surface area contributed by atoms with Gasteiger partial charge in [-0.3, -0.25) is 9.00 Å². The number of carboxylic acids is 1. The van der Waals surface area contributed by atoms with Crippen molar-refractivity contribution in [2.45, 2.75) is 103 Å². The molecule has 0 heterocycles. The molecule has 0 fully saturated rings. The minimum atomic E-state index is -1.25. The molecule has 0 saturated carbocycles. The molecule has 0 aliphatic carbocycles. The summed E-state index contributed by atoms with van der Waals surface area (Å²) in [6.07, 6.45) is 22.0. The molecule has 0 rings (SSSR count). The van der Waals surface area contributed by atoms with E-state index in [-0.39, 0.29) is 11.7 Å². The summed E-state index contributed by atoms with van der Waals surface area (Å²) in [6.45, 7) is 2.25. The van der Waals surface area contributed by atoms with E-state index in [1.165, 1.54) is 57.6 Å². The van der Waals surface area contributed by atoms with Crippen LogP contribution in [0.25, 0.3) is 0 Å². The van der Waals surface area contributed by atoms with Crippen molar-refractivity contribution in [3.8, 4) is 0 Å². The molecule has 0 radical (unpaired) electrons. The summed E-state index contributed by atoms with van der Waals surface area (Å²) in [7, 11) is -1.25. The molecule has 1 unspecified atom stereocenters. The lowest BCUT2D eigenvalue weighted by molar-refractivity contribution is -0.141. The number of nitrogens with one attached hydrogen (secondary N) is 1. The minimum absolute atomic E-state index is 0.0482. The van der Waals surface area contributed by atoms with Crippen molar-refractivity contribution in [1.82, 2.24) is 5.32 Å². The fourth-order valence-corrected chi connectivity index (χ4v) is 3.73. The van der Waals surface area contributed by atoms with Crippen molar-refractivity contribution in [3.63, 3.8) is 0 Å². The van der Waals surface area contributed by atoms with Crippen LogP contribution >= 0.6 is 0 Å². The molecule has 1 amide bonds. The van der Waals surface area contributed by atoms with Crippen molar-refractivity contribution in [2.75, 3.05) is 12.0 Å². The molecule has 0 bridgehead atoms. The molecule has 28 heavy (non-hydrogen) atoms. The van der Waals surface area contributed by atoms with Crippen LogP contribution in [0, 0.1) is 0 Å². The first kappa shape index (κ1) is 26.8. The van der Waals surface area contributed by atoms with Crippen LogP contribution in [0.1, 0.15) is 96.8 Å². The topological polar surface area (TPSA) is 83.5 Å². The lowest BCUT2D eigenvalue weighted by Crippen LogP contribution is -2.44. The average Bonchev–Trinajstić information content (AvgIpc) is 2.64. The van der Waals surface area contributed by atoms with Crippen LogP contribution in [0.4, 0.5) is 0 Å².